The SMILES string of the molecule is CC(F)(F)CCCC(=O)N1CCN(c2ccc(Cl)cc2)CC1. The minimum atomic E-state index is -2.69. The first-order valence-electron chi connectivity index (χ1n) is 7.51. The van der Waals surface area contributed by atoms with Crippen LogP contribution in [-0.4, -0.2) is 42.9 Å². The van der Waals surface area contributed by atoms with Gasteiger partial charge in [0.25, 0.3) is 0 Å². The van der Waals surface area contributed by atoms with E-state index >= 15 is 0 Å². The zero-order valence-corrected chi connectivity index (χ0v) is 13.5. The van der Waals surface area contributed by atoms with Crippen LogP contribution in [0, 0.1) is 0 Å². The number of carbonyl (C=O) groups excluding carboxylic acids is 1. The van der Waals surface area contributed by atoms with Crippen molar-refractivity contribution in [2.45, 2.75) is 32.1 Å². The third-order valence-electron chi connectivity index (χ3n) is 3.83. The average molecular weight is 331 g/mol. The maximum Gasteiger partial charge on any atom is 0.245 e. The van der Waals surface area contributed by atoms with E-state index in [2.05, 4.69) is 4.90 Å². The van der Waals surface area contributed by atoms with Gasteiger partial charge in [-0.15, -0.1) is 0 Å². The lowest BCUT2D eigenvalue weighted by molar-refractivity contribution is -0.131. The minimum Gasteiger partial charge on any atom is -0.368 e. The van der Waals surface area contributed by atoms with Crippen LogP contribution in [0.1, 0.15) is 26.2 Å². The van der Waals surface area contributed by atoms with E-state index in [0.717, 1.165) is 25.7 Å². The zero-order chi connectivity index (χ0) is 16.2. The van der Waals surface area contributed by atoms with E-state index in [-0.39, 0.29) is 25.2 Å². The van der Waals surface area contributed by atoms with Gasteiger partial charge >= 0.3 is 0 Å². The lowest BCUT2D eigenvalue weighted by Crippen LogP contribution is -2.48. The van der Waals surface area contributed by atoms with Gasteiger partial charge in [0, 0.05) is 49.7 Å². The number of hydrogen-bond acceptors (Lipinski definition) is 2. The second kappa shape index (κ2) is 7.27. The van der Waals surface area contributed by atoms with Crippen molar-refractivity contribution in [2.24, 2.45) is 0 Å². The topological polar surface area (TPSA) is 23.6 Å². The van der Waals surface area contributed by atoms with Crippen LogP contribution in [-0.2, 0) is 4.79 Å². The molecule has 1 aromatic rings. The predicted octanol–water partition coefficient (Wildman–Crippen LogP) is 3.81. The van der Waals surface area contributed by atoms with Crippen LogP contribution in [0.5, 0.6) is 0 Å². The van der Waals surface area contributed by atoms with Gasteiger partial charge in [-0.2, -0.15) is 0 Å². The van der Waals surface area contributed by atoms with Crippen LogP contribution >= 0.6 is 11.6 Å². The highest BCUT2D eigenvalue weighted by molar-refractivity contribution is 6.30. The van der Waals surface area contributed by atoms with E-state index in [0.29, 0.717) is 18.1 Å². The van der Waals surface area contributed by atoms with Crippen molar-refractivity contribution in [2.75, 3.05) is 31.1 Å². The molecule has 0 aliphatic carbocycles. The van der Waals surface area contributed by atoms with Gasteiger partial charge in [0.1, 0.15) is 0 Å². The smallest absolute Gasteiger partial charge is 0.245 e. The van der Waals surface area contributed by atoms with E-state index < -0.39 is 5.92 Å². The van der Waals surface area contributed by atoms with Gasteiger partial charge in [-0.25, -0.2) is 8.78 Å². The number of hydrogen-bond donors (Lipinski definition) is 0. The number of amides is 1. The highest BCUT2D eigenvalue weighted by atomic mass is 35.5. The monoisotopic (exact) mass is 330 g/mol. The molecule has 1 saturated heterocycles. The lowest BCUT2D eigenvalue weighted by atomic mass is 10.1. The molecule has 1 aromatic carbocycles. The summed E-state index contributed by atoms with van der Waals surface area (Å²) in [6.07, 6.45) is 0.202. The number of piperazine rings is 1. The minimum absolute atomic E-state index is 0.0278. The second-order valence-electron chi connectivity index (χ2n) is 5.77. The molecule has 1 aliphatic rings. The van der Waals surface area contributed by atoms with Crippen LogP contribution in [0.2, 0.25) is 5.02 Å². The van der Waals surface area contributed by atoms with E-state index in [9.17, 15) is 13.6 Å². The van der Waals surface area contributed by atoms with Gasteiger partial charge in [0.15, 0.2) is 0 Å². The average Bonchev–Trinajstić information content (AvgIpc) is 2.47. The second-order valence-corrected chi connectivity index (χ2v) is 6.20. The molecule has 1 aliphatic heterocycles. The van der Waals surface area contributed by atoms with E-state index in [1.165, 1.54) is 0 Å². The van der Waals surface area contributed by atoms with E-state index in [4.69, 9.17) is 11.6 Å². The quantitative estimate of drug-likeness (QED) is 0.819. The summed E-state index contributed by atoms with van der Waals surface area (Å²) in [6, 6.07) is 7.62. The molecule has 3 nitrogen and oxygen atoms in total. The van der Waals surface area contributed by atoms with Crippen molar-refractivity contribution in [3.63, 3.8) is 0 Å². The molecular weight excluding hydrogens is 310 g/mol. The van der Waals surface area contributed by atoms with Gasteiger partial charge in [0.05, 0.1) is 0 Å². The van der Waals surface area contributed by atoms with Gasteiger partial charge in [-0.1, -0.05) is 11.6 Å². The molecule has 22 heavy (non-hydrogen) atoms. The first-order chi connectivity index (χ1) is 10.3. The Morgan fingerprint density at radius 3 is 2.32 bits per heavy atom. The summed E-state index contributed by atoms with van der Waals surface area (Å²) in [7, 11) is 0. The number of carbonyl (C=O) groups is 1. The Morgan fingerprint density at radius 2 is 1.77 bits per heavy atom. The number of anilines is 1. The molecule has 0 N–H and O–H groups in total. The largest absolute Gasteiger partial charge is 0.368 e. The molecular formula is C16H21ClF2N2O. The van der Waals surface area contributed by atoms with Crippen LogP contribution in [0.3, 0.4) is 0 Å². The van der Waals surface area contributed by atoms with Crippen molar-refractivity contribution < 1.29 is 13.6 Å². The van der Waals surface area contributed by atoms with Crippen LogP contribution in [0.4, 0.5) is 14.5 Å². The van der Waals surface area contributed by atoms with Gasteiger partial charge in [-0.3, -0.25) is 4.79 Å². The zero-order valence-electron chi connectivity index (χ0n) is 12.7. The van der Waals surface area contributed by atoms with Crippen molar-refractivity contribution in [1.82, 2.24) is 4.90 Å². The molecule has 6 heteroatoms. The van der Waals surface area contributed by atoms with E-state index in [1.807, 2.05) is 24.3 Å². The van der Waals surface area contributed by atoms with Crippen molar-refractivity contribution >= 4 is 23.2 Å². The molecule has 0 bridgehead atoms. The Kier molecular flexibility index (Phi) is 5.62. The number of alkyl halides is 2. The summed E-state index contributed by atoms with van der Waals surface area (Å²) in [4.78, 5) is 16.0. The third-order valence-corrected chi connectivity index (χ3v) is 4.08. The summed E-state index contributed by atoms with van der Waals surface area (Å²) in [6.45, 7) is 3.64. The van der Waals surface area contributed by atoms with Crippen LogP contribution in [0.25, 0.3) is 0 Å². The fraction of sp³-hybridized carbons (Fsp3) is 0.562. The molecule has 2 rings (SSSR count). The number of rotatable bonds is 5. The molecule has 0 spiro atoms. The predicted molar refractivity (Wildman–Crippen MR) is 84.7 cm³/mol. The van der Waals surface area contributed by atoms with Crippen LogP contribution in [0.15, 0.2) is 24.3 Å². The Balaban J connectivity index is 1.77. The highest BCUT2D eigenvalue weighted by Gasteiger charge is 2.24. The van der Waals surface area contributed by atoms with Crippen molar-refractivity contribution in [1.29, 1.82) is 0 Å². The van der Waals surface area contributed by atoms with Crippen molar-refractivity contribution in [3.8, 4) is 0 Å². The third kappa shape index (κ3) is 5.13. The molecule has 0 unspecified atom stereocenters. The Hall–Kier alpha value is -1.36. The van der Waals surface area contributed by atoms with Gasteiger partial charge in [0.2, 0.25) is 11.8 Å². The first-order valence-corrected chi connectivity index (χ1v) is 7.89. The molecule has 122 valence electrons. The molecule has 0 atom stereocenters. The summed E-state index contributed by atoms with van der Waals surface area (Å²) in [5, 5.41) is 0.699. The highest BCUT2D eigenvalue weighted by Crippen LogP contribution is 2.21. The molecule has 0 radical (unpaired) electrons. The maximum atomic E-state index is 12.7. The number of halogens is 3. The summed E-state index contributed by atoms with van der Waals surface area (Å²) in [5.41, 5.74) is 1.09. The Morgan fingerprint density at radius 1 is 1.18 bits per heavy atom. The summed E-state index contributed by atoms with van der Waals surface area (Å²) < 4.78 is 25.5. The maximum absolute atomic E-state index is 12.7. The van der Waals surface area contributed by atoms with E-state index in [1.54, 1.807) is 4.90 Å². The molecule has 0 aromatic heterocycles. The fourth-order valence-electron chi connectivity index (χ4n) is 2.57. The molecule has 1 heterocycles. The molecule has 1 amide bonds. The standard InChI is InChI=1S/C16H21ClF2N2O/c1-16(18,19)8-2-3-15(22)21-11-9-20(10-12-21)14-6-4-13(17)5-7-14/h4-7H,2-3,8-12H2,1H3. The fourth-order valence-corrected chi connectivity index (χ4v) is 2.70. The molecule has 1 fully saturated rings. The van der Waals surface area contributed by atoms with Gasteiger partial charge < -0.3 is 9.80 Å². The first kappa shape index (κ1) is 17.0. The van der Waals surface area contributed by atoms with Crippen molar-refractivity contribution in [3.05, 3.63) is 29.3 Å². The lowest BCUT2D eigenvalue weighted by Gasteiger charge is -2.36. The van der Waals surface area contributed by atoms with Crippen LogP contribution < -0.4 is 4.90 Å². The summed E-state index contributed by atoms with van der Waals surface area (Å²) >= 11 is 5.87. The number of benzene rings is 1. The summed E-state index contributed by atoms with van der Waals surface area (Å²) in [5.74, 6) is -2.71. The van der Waals surface area contributed by atoms with Gasteiger partial charge in [-0.05, 0) is 37.6 Å². The number of nitrogens with zero attached hydrogens (tertiary/aromatic N) is 2. The molecule has 0 saturated carbocycles. The normalized spacial score (nSPS) is 16.0. The Labute approximate surface area is 134 Å². The Bertz CT molecular complexity index is 494.